The van der Waals surface area contributed by atoms with Crippen LogP contribution in [0, 0.1) is 3.57 Å². The molecule has 1 nitrogen and oxygen atoms in total. The molecule has 1 aliphatic heterocycles. The lowest BCUT2D eigenvalue weighted by atomic mass is 10.0. The first-order chi connectivity index (χ1) is 6.36. The fourth-order valence-electron chi connectivity index (χ4n) is 1.55. The second-order valence-corrected chi connectivity index (χ2v) is 4.44. The summed E-state index contributed by atoms with van der Waals surface area (Å²) in [6.45, 7) is 2.12. The van der Waals surface area contributed by atoms with E-state index < -0.39 is 0 Å². The van der Waals surface area contributed by atoms with E-state index in [9.17, 15) is 0 Å². The van der Waals surface area contributed by atoms with Crippen molar-refractivity contribution in [2.75, 3.05) is 13.1 Å². The van der Waals surface area contributed by atoms with Gasteiger partial charge in [-0.3, -0.25) is 0 Å². The summed E-state index contributed by atoms with van der Waals surface area (Å²) in [4.78, 5) is 0. The van der Waals surface area contributed by atoms with E-state index in [2.05, 4.69) is 58.2 Å². The molecule has 1 aromatic rings. The van der Waals surface area contributed by atoms with E-state index in [1.165, 1.54) is 14.7 Å². The molecule has 1 heterocycles. The zero-order valence-corrected chi connectivity index (χ0v) is 9.54. The molecule has 0 saturated carbocycles. The molecule has 2 heteroatoms. The molecule has 0 aromatic heterocycles. The molecule has 0 spiro atoms. The molecule has 1 aliphatic rings. The summed E-state index contributed by atoms with van der Waals surface area (Å²) in [6.07, 6.45) is 3.44. The van der Waals surface area contributed by atoms with Crippen molar-refractivity contribution in [2.24, 2.45) is 0 Å². The van der Waals surface area contributed by atoms with E-state index in [0.29, 0.717) is 0 Å². The number of rotatable bonds is 1. The topological polar surface area (TPSA) is 12.0 Å². The van der Waals surface area contributed by atoms with Crippen molar-refractivity contribution in [3.63, 3.8) is 0 Å². The Labute approximate surface area is 92.4 Å². The highest BCUT2D eigenvalue weighted by molar-refractivity contribution is 14.1. The average Bonchev–Trinajstić information content (AvgIpc) is 2.20. The largest absolute Gasteiger partial charge is 0.313 e. The van der Waals surface area contributed by atoms with Crippen molar-refractivity contribution in [1.29, 1.82) is 0 Å². The third-order valence-corrected chi connectivity index (χ3v) is 3.00. The predicted octanol–water partition coefficient (Wildman–Crippen LogP) is 2.67. The summed E-state index contributed by atoms with van der Waals surface area (Å²) in [5.41, 5.74) is 2.86. The van der Waals surface area contributed by atoms with Crippen LogP contribution in [0.25, 0.3) is 5.57 Å². The first-order valence-corrected chi connectivity index (χ1v) is 5.60. The van der Waals surface area contributed by atoms with Crippen molar-refractivity contribution >= 4 is 28.2 Å². The SMILES string of the molecule is Ic1ccc(C2=CCNCC2)cc1. The first kappa shape index (κ1) is 9.21. The maximum Gasteiger partial charge on any atom is 0.0140 e. The molecule has 0 atom stereocenters. The lowest BCUT2D eigenvalue weighted by Crippen LogP contribution is -2.19. The van der Waals surface area contributed by atoms with E-state index in [4.69, 9.17) is 0 Å². The van der Waals surface area contributed by atoms with Crippen LogP contribution in [0.5, 0.6) is 0 Å². The molecular formula is C11H12IN. The van der Waals surface area contributed by atoms with Gasteiger partial charge in [0.2, 0.25) is 0 Å². The predicted molar refractivity (Wildman–Crippen MR) is 64.6 cm³/mol. The van der Waals surface area contributed by atoms with Gasteiger partial charge in [-0.1, -0.05) is 18.2 Å². The van der Waals surface area contributed by atoms with Crippen LogP contribution >= 0.6 is 22.6 Å². The minimum absolute atomic E-state index is 1.02. The summed E-state index contributed by atoms with van der Waals surface area (Å²) < 4.78 is 1.30. The molecule has 0 bridgehead atoms. The fourth-order valence-corrected chi connectivity index (χ4v) is 1.91. The standard InChI is InChI=1S/C11H12IN/c12-11-3-1-9(2-4-11)10-5-7-13-8-6-10/h1-5,13H,6-8H2. The molecule has 0 radical (unpaired) electrons. The van der Waals surface area contributed by atoms with Crippen molar-refractivity contribution in [1.82, 2.24) is 5.32 Å². The number of halogens is 1. The lowest BCUT2D eigenvalue weighted by Gasteiger charge is -2.13. The molecule has 0 aliphatic carbocycles. The smallest absolute Gasteiger partial charge is 0.0140 e. The quantitative estimate of drug-likeness (QED) is 0.782. The summed E-state index contributed by atoms with van der Waals surface area (Å²) in [5, 5.41) is 3.32. The van der Waals surface area contributed by atoms with E-state index in [1.54, 1.807) is 0 Å². The van der Waals surface area contributed by atoms with Gasteiger partial charge in [-0.2, -0.15) is 0 Å². The first-order valence-electron chi connectivity index (χ1n) is 4.52. The highest BCUT2D eigenvalue weighted by Crippen LogP contribution is 2.20. The van der Waals surface area contributed by atoms with Crippen LogP contribution in [0.2, 0.25) is 0 Å². The van der Waals surface area contributed by atoms with Crippen molar-refractivity contribution in [2.45, 2.75) is 6.42 Å². The number of hydrogen-bond acceptors (Lipinski definition) is 1. The number of nitrogens with one attached hydrogen (secondary N) is 1. The average molecular weight is 285 g/mol. The van der Waals surface area contributed by atoms with Gasteiger partial charge in [-0.25, -0.2) is 0 Å². The second-order valence-electron chi connectivity index (χ2n) is 3.19. The Morgan fingerprint density at radius 1 is 1.15 bits per heavy atom. The Kier molecular flexibility index (Phi) is 3.01. The lowest BCUT2D eigenvalue weighted by molar-refractivity contribution is 0.738. The summed E-state index contributed by atoms with van der Waals surface area (Å²) in [5.74, 6) is 0. The third-order valence-electron chi connectivity index (χ3n) is 2.28. The van der Waals surface area contributed by atoms with Crippen LogP contribution in [0.1, 0.15) is 12.0 Å². The molecule has 2 rings (SSSR count). The van der Waals surface area contributed by atoms with E-state index in [0.717, 1.165) is 19.5 Å². The zero-order valence-electron chi connectivity index (χ0n) is 7.39. The van der Waals surface area contributed by atoms with E-state index in [-0.39, 0.29) is 0 Å². The van der Waals surface area contributed by atoms with Gasteiger partial charge in [0.1, 0.15) is 0 Å². The molecule has 0 amide bonds. The van der Waals surface area contributed by atoms with Gasteiger partial charge in [0.05, 0.1) is 0 Å². The summed E-state index contributed by atoms with van der Waals surface area (Å²) >= 11 is 2.34. The van der Waals surface area contributed by atoms with E-state index >= 15 is 0 Å². The van der Waals surface area contributed by atoms with Gasteiger partial charge in [0.25, 0.3) is 0 Å². The maximum absolute atomic E-state index is 3.32. The Hall–Kier alpha value is -0.350. The normalized spacial score (nSPS) is 16.8. The Morgan fingerprint density at radius 2 is 1.92 bits per heavy atom. The Morgan fingerprint density at radius 3 is 2.54 bits per heavy atom. The van der Waals surface area contributed by atoms with Crippen LogP contribution < -0.4 is 5.32 Å². The molecule has 0 fully saturated rings. The summed E-state index contributed by atoms with van der Waals surface area (Å²) in [6, 6.07) is 8.75. The van der Waals surface area contributed by atoms with Gasteiger partial charge in [0, 0.05) is 10.1 Å². The van der Waals surface area contributed by atoms with Gasteiger partial charge in [0.15, 0.2) is 0 Å². The molecule has 68 valence electrons. The molecule has 1 aromatic carbocycles. The molecule has 0 unspecified atom stereocenters. The second kappa shape index (κ2) is 4.24. The van der Waals surface area contributed by atoms with Crippen LogP contribution in [-0.2, 0) is 0 Å². The Bertz CT molecular complexity index is 313. The highest BCUT2D eigenvalue weighted by atomic mass is 127. The van der Waals surface area contributed by atoms with Gasteiger partial charge >= 0.3 is 0 Å². The zero-order chi connectivity index (χ0) is 9.10. The monoisotopic (exact) mass is 285 g/mol. The van der Waals surface area contributed by atoms with Crippen molar-refractivity contribution in [3.8, 4) is 0 Å². The van der Waals surface area contributed by atoms with Gasteiger partial charge < -0.3 is 5.32 Å². The van der Waals surface area contributed by atoms with Gasteiger partial charge in [-0.15, -0.1) is 0 Å². The maximum atomic E-state index is 3.32. The van der Waals surface area contributed by atoms with Crippen molar-refractivity contribution in [3.05, 3.63) is 39.5 Å². The summed E-state index contributed by atoms with van der Waals surface area (Å²) in [7, 11) is 0. The van der Waals surface area contributed by atoms with Crippen molar-refractivity contribution < 1.29 is 0 Å². The number of hydrogen-bond donors (Lipinski definition) is 1. The van der Waals surface area contributed by atoms with Crippen LogP contribution in [-0.4, -0.2) is 13.1 Å². The van der Waals surface area contributed by atoms with Gasteiger partial charge in [-0.05, 0) is 58.8 Å². The Balaban J connectivity index is 2.24. The van der Waals surface area contributed by atoms with E-state index in [1.807, 2.05) is 0 Å². The molecule has 0 saturated heterocycles. The van der Waals surface area contributed by atoms with Crippen LogP contribution in [0.15, 0.2) is 30.3 Å². The minimum atomic E-state index is 1.02. The molecule has 13 heavy (non-hydrogen) atoms. The van der Waals surface area contributed by atoms with Crippen LogP contribution in [0.4, 0.5) is 0 Å². The fraction of sp³-hybridized carbons (Fsp3) is 0.273. The third kappa shape index (κ3) is 2.31. The minimum Gasteiger partial charge on any atom is -0.313 e. The van der Waals surface area contributed by atoms with Crippen LogP contribution in [0.3, 0.4) is 0 Å². The highest BCUT2D eigenvalue weighted by Gasteiger charge is 2.04. The molecule has 1 N–H and O–H groups in total. The molecular weight excluding hydrogens is 273 g/mol. The number of benzene rings is 1.